The molecule has 0 aromatic carbocycles. The van der Waals surface area contributed by atoms with Crippen molar-refractivity contribution in [2.45, 2.75) is 45.3 Å². The summed E-state index contributed by atoms with van der Waals surface area (Å²) < 4.78 is 5.17. The number of nitrogens with one attached hydrogen (secondary N) is 2. The average Bonchev–Trinajstić information content (AvgIpc) is 2.83. The van der Waals surface area contributed by atoms with E-state index >= 15 is 0 Å². The second kappa shape index (κ2) is 3.37. The van der Waals surface area contributed by atoms with Gasteiger partial charge in [-0.2, -0.15) is 0 Å². The fraction of sp³-hybridized carbons (Fsp3) is 0.818. The smallest absolute Gasteiger partial charge is 0.407 e. The molecule has 1 spiro atoms. The van der Waals surface area contributed by atoms with Crippen molar-refractivity contribution < 1.29 is 14.3 Å². The molecule has 0 bridgehead atoms. The zero-order valence-electron chi connectivity index (χ0n) is 9.92. The third-order valence-electron chi connectivity index (χ3n) is 3.07. The van der Waals surface area contributed by atoms with Gasteiger partial charge in [0.2, 0.25) is 5.91 Å². The fourth-order valence-electron chi connectivity index (χ4n) is 2.07. The quantitative estimate of drug-likeness (QED) is 0.694. The third-order valence-corrected chi connectivity index (χ3v) is 3.07. The Morgan fingerprint density at radius 3 is 2.62 bits per heavy atom. The monoisotopic (exact) mass is 226 g/mol. The number of hydrogen-bond donors (Lipinski definition) is 2. The van der Waals surface area contributed by atoms with Gasteiger partial charge < -0.3 is 15.4 Å². The van der Waals surface area contributed by atoms with E-state index in [1.54, 1.807) is 0 Å². The first-order valence-corrected chi connectivity index (χ1v) is 5.61. The molecule has 0 radical (unpaired) electrons. The van der Waals surface area contributed by atoms with Crippen molar-refractivity contribution in [3.8, 4) is 0 Å². The predicted octanol–water partition coefficient (Wildman–Crippen LogP) is 0.790. The summed E-state index contributed by atoms with van der Waals surface area (Å²) in [6, 6.07) is -0.116. The van der Waals surface area contributed by atoms with Crippen molar-refractivity contribution in [3.05, 3.63) is 0 Å². The van der Waals surface area contributed by atoms with Crippen molar-refractivity contribution in [1.82, 2.24) is 10.6 Å². The van der Waals surface area contributed by atoms with Gasteiger partial charge in [0, 0.05) is 6.54 Å². The Kier molecular flexibility index (Phi) is 2.36. The van der Waals surface area contributed by atoms with E-state index < -0.39 is 11.7 Å². The maximum atomic E-state index is 11.6. The van der Waals surface area contributed by atoms with Gasteiger partial charge in [-0.15, -0.1) is 0 Å². The van der Waals surface area contributed by atoms with Gasteiger partial charge in [-0.1, -0.05) is 0 Å². The molecule has 2 rings (SSSR count). The number of carbonyl (C=O) groups excluding carboxylic acids is 2. The van der Waals surface area contributed by atoms with Gasteiger partial charge in [-0.3, -0.25) is 4.79 Å². The Balaban J connectivity index is 1.91. The minimum absolute atomic E-state index is 0.0635. The number of alkyl carbamates (subject to hydrolysis) is 1. The Morgan fingerprint density at radius 2 is 2.12 bits per heavy atom. The molecule has 1 aliphatic heterocycles. The molecule has 5 heteroatoms. The number of ether oxygens (including phenoxy) is 1. The van der Waals surface area contributed by atoms with Gasteiger partial charge in [0.25, 0.3) is 0 Å². The molecule has 1 saturated carbocycles. The molecule has 0 aromatic rings. The van der Waals surface area contributed by atoms with Gasteiger partial charge in [0.15, 0.2) is 0 Å². The number of carbonyl (C=O) groups is 2. The van der Waals surface area contributed by atoms with Crippen molar-refractivity contribution in [2.75, 3.05) is 6.54 Å². The van der Waals surface area contributed by atoms with E-state index in [2.05, 4.69) is 10.6 Å². The van der Waals surface area contributed by atoms with Crippen LogP contribution in [-0.2, 0) is 9.53 Å². The second-order valence-electron chi connectivity index (χ2n) is 5.56. The minimum atomic E-state index is -0.503. The molecule has 1 saturated heterocycles. The summed E-state index contributed by atoms with van der Waals surface area (Å²) in [6.45, 7) is 5.96. The van der Waals surface area contributed by atoms with Crippen LogP contribution in [0.1, 0.15) is 33.6 Å². The summed E-state index contributed by atoms with van der Waals surface area (Å²) in [4.78, 5) is 23.1. The van der Waals surface area contributed by atoms with E-state index in [1.807, 2.05) is 20.8 Å². The highest BCUT2D eigenvalue weighted by atomic mass is 16.6. The highest BCUT2D eigenvalue weighted by molar-refractivity contribution is 5.89. The van der Waals surface area contributed by atoms with Crippen LogP contribution >= 0.6 is 0 Å². The number of rotatable bonds is 1. The second-order valence-corrected chi connectivity index (χ2v) is 5.56. The topological polar surface area (TPSA) is 67.4 Å². The first kappa shape index (κ1) is 11.2. The molecule has 2 N–H and O–H groups in total. The van der Waals surface area contributed by atoms with Gasteiger partial charge in [-0.05, 0) is 33.6 Å². The summed E-state index contributed by atoms with van der Waals surface area (Å²) in [6.07, 6.45) is 1.28. The number of amides is 2. The van der Waals surface area contributed by atoms with E-state index in [0.29, 0.717) is 6.54 Å². The first-order valence-electron chi connectivity index (χ1n) is 5.61. The van der Waals surface area contributed by atoms with Crippen LogP contribution in [-0.4, -0.2) is 30.2 Å². The molecule has 1 aliphatic carbocycles. The van der Waals surface area contributed by atoms with E-state index in [4.69, 9.17) is 4.74 Å². The van der Waals surface area contributed by atoms with Crippen LogP contribution in [0.5, 0.6) is 0 Å². The molecule has 1 atom stereocenters. The summed E-state index contributed by atoms with van der Waals surface area (Å²) in [7, 11) is 0. The lowest BCUT2D eigenvalue weighted by atomic mass is 10.0. The molecule has 0 unspecified atom stereocenters. The molecule has 2 amide bonds. The van der Waals surface area contributed by atoms with Gasteiger partial charge in [-0.25, -0.2) is 4.79 Å². The Labute approximate surface area is 94.9 Å². The Bertz CT molecular complexity index is 329. The number of hydrogen-bond acceptors (Lipinski definition) is 3. The van der Waals surface area contributed by atoms with Crippen LogP contribution in [0.4, 0.5) is 4.79 Å². The van der Waals surface area contributed by atoms with Crippen molar-refractivity contribution in [2.24, 2.45) is 5.41 Å². The lowest BCUT2D eigenvalue weighted by Gasteiger charge is -2.23. The maximum absolute atomic E-state index is 11.6. The van der Waals surface area contributed by atoms with Crippen molar-refractivity contribution in [1.29, 1.82) is 0 Å². The van der Waals surface area contributed by atoms with Crippen LogP contribution < -0.4 is 10.6 Å². The summed E-state index contributed by atoms with van der Waals surface area (Å²) in [5, 5.41) is 5.56. The highest BCUT2D eigenvalue weighted by Gasteiger charge is 2.59. The fourth-order valence-corrected chi connectivity index (χ4v) is 2.07. The summed E-state index contributed by atoms with van der Waals surface area (Å²) in [5.74, 6) is 0.0635. The molecule has 1 heterocycles. The van der Waals surface area contributed by atoms with E-state index in [1.165, 1.54) is 0 Å². The third kappa shape index (κ3) is 1.99. The maximum Gasteiger partial charge on any atom is 0.407 e. The van der Waals surface area contributed by atoms with Crippen LogP contribution in [0.2, 0.25) is 0 Å². The molecular weight excluding hydrogens is 208 g/mol. The SMILES string of the molecule is CC(C)(C)OC(=O)N[C@H]1CNC(=O)C12CC2. The van der Waals surface area contributed by atoms with Crippen molar-refractivity contribution >= 4 is 12.0 Å². The highest BCUT2D eigenvalue weighted by Crippen LogP contribution is 2.51. The molecule has 90 valence electrons. The molecule has 2 aliphatic rings. The van der Waals surface area contributed by atoms with Gasteiger partial charge >= 0.3 is 6.09 Å². The van der Waals surface area contributed by atoms with Gasteiger partial charge in [0.05, 0.1) is 11.5 Å². The summed E-state index contributed by atoms with van der Waals surface area (Å²) in [5.41, 5.74) is -0.840. The predicted molar refractivity (Wildman–Crippen MR) is 57.8 cm³/mol. The van der Waals surface area contributed by atoms with Crippen LogP contribution in [0, 0.1) is 5.41 Å². The Morgan fingerprint density at radius 1 is 1.50 bits per heavy atom. The Hall–Kier alpha value is -1.26. The van der Waals surface area contributed by atoms with Gasteiger partial charge in [0.1, 0.15) is 5.60 Å². The molecular formula is C11H18N2O3. The van der Waals surface area contributed by atoms with E-state index in [0.717, 1.165) is 12.8 Å². The van der Waals surface area contributed by atoms with Crippen LogP contribution in [0.25, 0.3) is 0 Å². The van der Waals surface area contributed by atoms with E-state index in [-0.39, 0.29) is 17.4 Å². The zero-order valence-corrected chi connectivity index (χ0v) is 9.92. The lowest BCUT2D eigenvalue weighted by Crippen LogP contribution is -2.44. The first-order chi connectivity index (χ1) is 7.33. The van der Waals surface area contributed by atoms with Crippen molar-refractivity contribution in [3.63, 3.8) is 0 Å². The lowest BCUT2D eigenvalue weighted by molar-refractivity contribution is -0.123. The van der Waals surface area contributed by atoms with Crippen LogP contribution in [0.3, 0.4) is 0 Å². The largest absolute Gasteiger partial charge is 0.444 e. The average molecular weight is 226 g/mol. The van der Waals surface area contributed by atoms with E-state index in [9.17, 15) is 9.59 Å². The molecule has 16 heavy (non-hydrogen) atoms. The van der Waals surface area contributed by atoms with Crippen LogP contribution in [0.15, 0.2) is 0 Å². The minimum Gasteiger partial charge on any atom is -0.444 e. The molecule has 0 aromatic heterocycles. The molecule has 5 nitrogen and oxygen atoms in total. The normalized spacial score (nSPS) is 26.4. The summed E-state index contributed by atoms with van der Waals surface area (Å²) >= 11 is 0. The standard InChI is InChI=1S/C11H18N2O3/c1-10(2,3)16-9(15)13-7-6-12-8(14)11(7)4-5-11/h7H,4-6H2,1-3H3,(H,12,14)(H,13,15)/t7-/m0/s1. The zero-order chi connectivity index (χ0) is 12.0. The molecule has 2 fully saturated rings.